The fourth-order valence-corrected chi connectivity index (χ4v) is 21.7. The van der Waals surface area contributed by atoms with E-state index in [1.807, 2.05) is 0 Å². The molecule has 0 aliphatic carbocycles. The standard InChI is InChI=1S/C56H76F2Si2/c1-15-17-19-21-23-43-29-45-33-51-47(25-27-59(37(3)4,38(5)6)39(7)8)54-36-50-46(30-44(32-56(50)58)24-22-20-18-16-2)34-52(54)48(53(51)35-49(45)55(57)31-43)26-28-60(40(9)10,41(11)12)42(13)14/h29-42H,15-24H2,1-14H3. The van der Waals surface area contributed by atoms with Gasteiger partial charge >= 0.3 is 0 Å². The minimum Gasteiger partial charge on any atom is -0.206 e. The molecule has 0 radical (unpaired) electrons. The third-order valence-corrected chi connectivity index (χ3v) is 27.0. The zero-order valence-electron chi connectivity index (χ0n) is 39.9. The maximum atomic E-state index is 16.5. The Kier molecular flexibility index (Phi) is 16.0. The normalized spacial score (nSPS) is 12.6. The number of unbranched alkanes of at least 4 members (excludes halogenated alkanes) is 6. The van der Waals surface area contributed by atoms with Gasteiger partial charge in [0, 0.05) is 21.9 Å². The first kappa shape index (κ1) is 47.6. The van der Waals surface area contributed by atoms with Gasteiger partial charge in [-0.25, -0.2) is 8.78 Å². The van der Waals surface area contributed by atoms with Crippen LogP contribution in [0.25, 0.3) is 43.1 Å². The highest BCUT2D eigenvalue weighted by atomic mass is 28.3. The molecular weight excluding hydrogens is 767 g/mol. The van der Waals surface area contributed by atoms with Crippen molar-refractivity contribution in [2.75, 3.05) is 0 Å². The fourth-order valence-electron chi connectivity index (χ4n) is 11.2. The van der Waals surface area contributed by atoms with Gasteiger partial charge in [0.05, 0.1) is 0 Å². The van der Waals surface area contributed by atoms with Crippen molar-refractivity contribution in [3.05, 3.63) is 82.4 Å². The van der Waals surface area contributed by atoms with E-state index in [9.17, 15) is 0 Å². The molecule has 0 aliphatic rings. The molecule has 0 amide bonds. The lowest BCUT2D eigenvalue weighted by Gasteiger charge is -2.38. The highest BCUT2D eigenvalue weighted by molar-refractivity contribution is 6.91. The van der Waals surface area contributed by atoms with Gasteiger partial charge in [0.15, 0.2) is 0 Å². The van der Waals surface area contributed by atoms with Crippen LogP contribution in [-0.2, 0) is 12.8 Å². The molecule has 60 heavy (non-hydrogen) atoms. The van der Waals surface area contributed by atoms with Gasteiger partial charge in [-0.15, -0.1) is 11.1 Å². The van der Waals surface area contributed by atoms with Crippen LogP contribution in [0.2, 0.25) is 33.2 Å². The molecule has 0 N–H and O–H groups in total. The predicted octanol–water partition coefficient (Wildman–Crippen LogP) is 18.0. The molecule has 4 heteroatoms. The van der Waals surface area contributed by atoms with Crippen LogP contribution in [0.15, 0.2) is 48.5 Å². The van der Waals surface area contributed by atoms with Crippen molar-refractivity contribution in [1.29, 1.82) is 0 Å². The van der Waals surface area contributed by atoms with Gasteiger partial charge in [-0.3, -0.25) is 0 Å². The van der Waals surface area contributed by atoms with Gasteiger partial charge in [-0.05, 0) is 139 Å². The zero-order valence-corrected chi connectivity index (χ0v) is 41.9. The third kappa shape index (κ3) is 9.47. The number of fused-ring (bicyclic) bond motifs is 4. The van der Waals surface area contributed by atoms with Crippen LogP contribution in [0.5, 0.6) is 0 Å². The summed E-state index contributed by atoms with van der Waals surface area (Å²) >= 11 is 0. The molecule has 0 nitrogen and oxygen atoms in total. The summed E-state index contributed by atoms with van der Waals surface area (Å²) in [7, 11) is -4.36. The molecule has 0 unspecified atom stereocenters. The van der Waals surface area contributed by atoms with Crippen molar-refractivity contribution >= 4 is 59.2 Å². The van der Waals surface area contributed by atoms with E-state index in [2.05, 4.69) is 156 Å². The SMILES string of the molecule is CCCCCCc1cc(F)c2cc3c(C#C[Si](C(C)C)(C(C)C)C(C)C)c4cc5cc(CCCCCC)cc(F)c5cc4c(C#C[Si](C(C)C)(C(C)C)C(C)C)c3cc2c1. The summed E-state index contributed by atoms with van der Waals surface area (Å²) in [6, 6.07) is 16.4. The van der Waals surface area contributed by atoms with Crippen molar-refractivity contribution in [2.45, 2.75) is 194 Å². The van der Waals surface area contributed by atoms with Gasteiger partial charge in [0.1, 0.15) is 27.8 Å². The highest BCUT2D eigenvalue weighted by Gasteiger charge is 2.43. The van der Waals surface area contributed by atoms with Crippen LogP contribution in [0.1, 0.15) is 171 Å². The second-order valence-corrected chi connectivity index (χ2v) is 31.2. The lowest BCUT2D eigenvalue weighted by Crippen LogP contribution is -2.43. The summed E-state index contributed by atoms with van der Waals surface area (Å²) in [5.41, 5.74) is 14.7. The van der Waals surface area contributed by atoms with E-state index in [1.54, 1.807) is 12.1 Å². The van der Waals surface area contributed by atoms with Gasteiger partial charge < -0.3 is 0 Å². The van der Waals surface area contributed by atoms with Crippen LogP contribution >= 0.6 is 0 Å². The summed E-state index contributed by atoms with van der Waals surface area (Å²) in [5, 5.41) is 6.91. The monoisotopic (exact) mass is 843 g/mol. The summed E-state index contributed by atoms with van der Waals surface area (Å²) in [5.74, 6) is 7.45. The Morgan fingerprint density at radius 2 is 0.717 bits per heavy atom. The van der Waals surface area contributed by atoms with E-state index in [0.717, 1.165) is 93.1 Å². The lowest BCUT2D eigenvalue weighted by atomic mass is 9.88. The Bertz CT molecular complexity index is 2210. The van der Waals surface area contributed by atoms with Crippen LogP contribution in [0.3, 0.4) is 0 Å². The molecule has 0 fully saturated rings. The van der Waals surface area contributed by atoms with Crippen LogP contribution < -0.4 is 0 Å². The Morgan fingerprint density at radius 3 is 1.02 bits per heavy atom. The van der Waals surface area contributed by atoms with E-state index in [4.69, 9.17) is 0 Å². The van der Waals surface area contributed by atoms with Crippen molar-refractivity contribution in [1.82, 2.24) is 0 Å². The van der Waals surface area contributed by atoms with Crippen molar-refractivity contribution < 1.29 is 8.78 Å². The Balaban J connectivity index is 2.01. The van der Waals surface area contributed by atoms with Gasteiger partial charge in [0.2, 0.25) is 0 Å². The van der Waals surface area contributed by atoms with E-state index < -0.39 is 16.1 Å². The van der Waals surface area contributed by atoms with Crippen molar-refractivity contribution in [3.8, 4) is 22.9 Å². The van der Waals surface area contributed by atoms with Crippen molar-refractivity contribution in [3.63, 3.8) is 0 Å². The third-order valence-electron chi connectivity index (χ3n) is 14.5. The predicted molar refractivity (Wildman–Crippen MR) is 268 cm³/mol. The molecule has 0 saturated carbocycles. The maximum absolute atomic E-state index is 16.5. The number of halogens is 2. The minimum atomic E-state index is -2.18. The Labute approximate surface area is 366 Å². The minimum absolute atomic E-state index is 0.180. The number of rotatable bonds is 16. The van der Waals surface area contributed by atoms with E-state index >= 15 is 8.78 Å². The number of aryl methyl sites for hydroxylation is 2. The van der Waals surface area contributed by atoms with E-state index in [-0.39, 0.29) is 11.6 Å². The number of benzene rings is 5. The average molecular weight is 843 g/mol. The molecular formula is C56H76F2Si2. The highest BCUT2D eigenvalue weighted by Crippen LogP contribution is 2.44. The Morgan fingerprint density at radius 1 is 0.400 bits per heavy atom. The van der Waals surface area contributed by atoms with Gasteiger partial charge in [-0.1, -0.05) is 159 Å². The molecule has 0 heterocycles. The van der Waals surface area contributed by atoms with Crippen LogP contribution in [-0.4, -0.2) is 16.1 Å². The lowest BCUT2D eigenvalue weighted by molar-refractivity contribution is 0.632. The first-order valence-electron chi connectivity index (χ1n) is 23.8. The summed E-state index contributed by atoms with van der Waals surface area (Å²) in [4.78, 5) is 0. The topological polar surface area (TPSA) is 0 Å². The molecule has 0 atom stereocenters. The molecule has 0 bridgehead atoms. The molecule has 5 aromatic rings. The van der Waals surface area contributed by atoms with E-state index in [1.165, 1.54) is 25.7 Å². The molecule has 0 aromatic heterocycles. The fraction of sp³-hybridized carbons (Fsp3) is 0.536. The smallest absolute Gasteiger partial charge is 0.146 e. The second kappa shape index (κ2) is 20.2. The first-order chi connectivity index (χ1) is 28.4. The molecule has 0 aliphatic heterocycles. The number of hydrogen-bond donors (Lipinski definition) is 0. The molecule has 322 valence electrons. The summed E-state index contributed by atoms with van der Waals surface area (Å²) < 4.78 is 33.0. The van der Waals surface area contributed by atoms with Crippen molar-refractivity contribution in [2.24, 2.45) is 0 Å². The maximum Gasteiger partial charge on any atom is 0.146 e. The van der Waals surface area contributed by atoms with Crippen LogP contribution in [0.4, 0.5) is 8.78 Å². The summed E-state index contributed by atoms with van der Waals surface area (Å²) in [6.45, 7) is 32.7. The molecule has 0 saturated heterocycles. The Hall–Kier alpha value is -3.45. The van der Waals surface area contributed by atoms with Gasteiger partial charge in [-0.2, -0.15) is 0 Å². The van der Waals surface area contributed by atoms with E-state index in [0.29, 0.717) is 44.0 Å². The van der Waals surface area contributed by atoms with Crippen LogP contribution in [0, 0.1) is 34.6 Å². The molecule has 5 rings (SSSR count). The molecule has 5 aromatic carbocycles. The first-order valence-corrected chi connectivity index (χ1v) is 28.2. The van der Waals surface area contributed by atoms with Gasteiger partial charge in [0.25, 0.3) is 0 Å². The number of hydrogen-bond acceptors (Lipinski definition) is 0. The summed E-state index contributed by atoms with van der Waals surface area (Å²) in [6.07, 6.45) is 10.8. The molecule has 0 spiro atoms. The largest absolute Gasteiger partial charge is 0.206 e. The quantitative estimate of drug-likeness (QED) is 0.0402. The average Bonchev–Trinajstić information content (AvgIpc) is 3.17. The second-order valence-electron chi connectivity index (χ2n) is 20.1. The zero-order chi connectivity index (χ0) is 44.1.